The van der Waals surface area contributed by atoms with Crippen LogP contribution in [0.2, 0.25) is 0 Å². The number of hydrogen-bond acceptors (Lipinski definition) is 5. The molecule has 0 radical (unpaired) electrons. The molecule has 3 rings (SSSR count). The molecule has 8 heteroatoms. The summed E-state index contributed by atoms with van der Waals surface area (Å²) in [5.41, 5.74) is 1.26. The molecule has 1 aliphatic rings. The van der Waals surface area contributed by atoms with Crippen molar-refractivity contribution in [1.29, 1.82) is 10.8 Å². The van der Waals surface area contributed by atoms with E-state index in [2.05, 4.69) is 15.3 Å². The van der Waals surface area contributed by atoms with Crippen molar-refractivity contribution in [3.8, 4) is 0 Å². The second-order valence-electron chi connectivity index (χ2n) is 6.19. The van der Waals surface area contributed by atoms with Crippen LogP contribution in [0.1, 0.15) is 12.5 Å². The summed E-state index contributed by atoms with van der Waals surface area (Å²) in [6, 6.07) is 13.2. The van der Waals surface area contributed by atoms with Crippen molar-refractivity contribution in [2.45, 2.75) is 13.5 Å². The Bertz CT molecular complexity index is 838. The average Bonchev–Trinajstić information content (AvgIpc) is 2.67. The third-order valence-corrected chi connectivity index (χ3v) is 4.32. The Morgan fingerprint density at radius 3 is 2.46 bits per heavy atom. The molecule has 0 unspecified atom stereocenters. The van der Waals surface area contributed by atoms with Crippen molar-refractivity contribution in [3.05, 3.63) is 53.5 Å². The zero-order valence-electron chi connectivity index (χ0n) is 14.8. The van der Waals surface area contributed by atoms with Crippen LogP contribution in [-0.4, -0.2) is 52.7 Å². The van der Waals surface area contributed by atoms with E-state index in [-0.39, 0.29) is 17.4 Å². The molecule has 1 saturated heterocycles. The molecule has 1 fully saturated rings. The molecule has 3 N–H and O–H groups in total. The summed E-state index contributed by atoms with van der Waals surface area (Å²) in [5.74, 6) is 0.924. The lowest BCUT2D eigenvalue weighted by atomic mass is 10.2. The highest BCUT2D eigenvalue weighted by Gasteiger charge is 2.22. The number of nitrogens with zero attached hydrogens (tertiary/aromatic N) is 4. The number of urea groups is 1. The van der Waals surface area contributed by atoms with E-state index in [1.807, 2.05) is 30.3 Å². The van der Waals surface area contributed by atoms with E-state index in [1.165, 1.54) is 4.68 Å². The van der Waals surface area contributed by atoms with Gasteiger partial charge in [0.25, 0.3) is 0 Å². The first-order valence-electron chi connectivity index (χ1n) is 8.57. The molecule has 0 atom stereocenters. The van der Waals surface area contributed by atoms with Gasteiger partial charge in [-0.1, -0.05) is 30.3 Å². The lowest BCUT2D eigenvalue weighted by Gasteiger charge is -2.35. The van der Waals surface area contributed by atoms with Crippen molar-refractivity contribution < 1.29 is 4.79 Å². The molecule has 1 aromatic heterocycles. The summed E-state index contributed by atoms with van der Waals surface area (Å²) in [6.07, 6.45) is 0. The number of hydrogen-bond donors (Lipinski definition) is 3. The van der Waals surface area contributed by atoms with E-state index in [0.717, 1.165) is 11.4 Å². The van der Waals surface area contributed by atoms with Crippen molar-refractivity contribution >= 4 is 17.7 Å². The molecule has 0 spiro atoms. The Morgan fingerprint density at radius 1 is 1.12 bits per heavy atom. The minimum Gasteiger partial charge on any atom is -0.352 e. The smallest absolute Gasteiger partial charge is 0.317 e. The van der Waals surface area contributed by atoms with Crippen LogP contribution >= 0.6 is 0 Å². The number of amides is 2. The molecular weight excluding hydrogens is 330 g/mol. The van der Waals surface area contributed by atoms with Gasteiger partial charge in [-0.2, -0.15) is 0 Å². The van der Waals surface area contributed by atoms with Crippen LogP contribution in [0.3, 0.4) is 0 Å². The largest absolute Gasteiger partial charge is 0.352 e. The number of aromatic nitrogens is 2. The highest BCUT2D eigenvalue weighted by atomic mass is 16.2. The van der Waals surface area contributed by atoms with Gasteiger partial charge >= 0.3 is 6.03 Å². The molecule has 0 bridgehead atoms. The molecule has 2 heterocycles. The molecule has 1 aliphatic heterocycles. The summed E-state index contributed by atoms with van der Waals surface area (Å²) < 4.78 is 1.30. The van der Waals surface area contributed by atoms with Crippen molar-refractivity contribution in [1.82, 2.24) is 20.0 Å². The highest BCUT2D eigenvalue weighted by Crippen LogP contribution is 2.12. The summed E-state index contributed by atoms with van der Waals surface area (Å²) in [5, 5.41) is 22.8. The Morgan fingerprint density at radius 2 is 1.81 bits per heavy atom. The minimum atomic E-state index is -0.0617. The first-order chi connectivity index (χ1) is 12.5. The molecule has 0 aliphatic carbocycles. The second-order valence-corrected chi connectivity index (χ2v) is 6.19. The highest BCUT2D eigenvalue weighted by molar-refractivity contribution is 5.77. The normalized spacial score (nSPS) is 14.2. The fraction of sp³-hybridized carbons (Fsp3) is 0.333. The number of rotatable bonds is 3. The van der Waals surface area contributed by atoms with Gasteiger partial charge in [-0.15, -0.1) is 5.10 Å². The van der Waals surface area contributed by atoms with Crippen LogP contribution in [0.4, 0.5) is 10.6 Å². The maximum Gasteiger partial charge on any atom is 0.317 e. The molecule has 26 heavy (non-hydrogen) atoms. The standard InChI is InChI=1S/C18H23N7O/c1-14(19)25-16(20)7-8-17(22-25)23-9-11-24(12-10-23)18(26)21-13-15-5-3-2-4-6-15/h2-8,19-20H,9-13H2,1H3,(H,21,26). The molecule has 1 aromatic carbocycles. The van der Waals surface area contributed by atoms with Gasteiger partial charge in [0.05, 0.1) is 0 Å². The number of anilines is 1. The predicted molar refractivity (Wildman–Crippen MR) is 99.3 cm³/mol. The Balaban J connectivity index is 1.55. The van der Waals surface area contributed by atoms with Gasteiger partial charge < -0.3 is 15.1 Å². The monoisotopic (exact) mass is 353 g/mol. The third-order valence-electron chi connectivity index (χ3n) is 4.32. The van der Waals surface area contributed by atoms with E-state index in [0.29, 0.717) is 32.7 Å². The topological polar surface area (TPSA) is 101 Å². The third kappa shape index (κ3) is 4.08. The van der Waals surface area contributed by atoms with Crippen molar-refractivity contribution in [2.24, 2.45) is 0 Å². The summed E-state index contributed by atoms with van der Waals surface area (Å²) in [7, 11) is 0. The number of carbonyl (C=O) groups is 1. The predicted octanol–water partition coefficient (Wildman–Crippen LogP) is 1.24. The van der Waals surface area contributed by atoms with Gasteiger partial charge in [0.1, 0.15) is 17.1 Å². The van der Waals surface area contributed by atoms with E-state index < -0.39 is 0 Å². The van der Waals surface area contributed by atoms with Crippen LogP contribution in [-0.2, 0) is 6.54 Å². The maximum atomic E-state index is 12.3. The van der Waals surface area contributed by atoms with Crippen LogP contribution in [0, 0.1) is 10.8 Å². The van der Waals surface area contributed by atoms with Gasteiger partial charge in [0.2, 0.25) is 0 Å². The maximum absolute atomic E-state index is 12.3. The number of benzene rings is 1. The van der Waals surface area contributed by atoms with E-state index in [1.54, 1.807) is 24.0 Å². The number of carbonyl (C=O) groups excluding carboxylic acids is 1. The first-order valence-corrected chi connectivity index (χ1v) is 8.57. The van der Waals surface area contributed by atoms with E-state index in [9.17, 15) is 4.79 Å². The summed E-state index contributed by atoms with van der Waals surface area (Å²) in [4.78, 5) is 16.2. The van der Waals surface area contributed by atoms with E-state index >= 15 is 0 Å². The second kappa shape index (κ2) is 7.81. The molecular formula is C18H23N7O. The molecule has 2 aromatic rings. The summed E-state index contributed by atoms with van der Waals surface area (Å²) in [6.45, 7) is 4.66. The molecule has 2 amide bonds. The minimum absolute atomic E-state index is 0.0617. The van der Waals surface area contributed by atoms with Gasteiger partial charge in [-0.05, 0) is 24.6 Å². The molecule has 8 nitrogen and oxygen atoms in total. The van der Waals surface area contributed by atoms with Crippen molar-refractivity contribution in [3.63, 3.8) is 0 Å². The molecule has 0 saturated carbocycles. The zero-order valence-corrected chi connectivity index (χ0v) is 14.8. The quantitative estimate of drug-likeness (QED) is 0.571. The Hall–Kier alpha value is -3.16. The SMILES string of the molecule is CC(=N)n1nc(N2CCN(C(=O)NCc3ccccc3)CC2)ccc1=N. The van der Waals surface area contributed by atoms with Gasteiger partial charge in [0.15, 0.2) is 0 Å². The van der Waals surface area contributed by atoms with Crippen LogP contribution in [0.15, 0.2) is 42.5 Å². The average molecular weight is 353 g/mol. The Kier molecular flexibility index (Phi) is 5.31. The van der Waals surface area contributed by atoms with Gasteiger partial charge in [-0.3, -0.25) is 10.8 Å². The fourth-order valence-electron chi connectivity index (χ4n) is 2.86. The van der Waals surface area contributed by atoms with Crippen LogP contribution < -0.4 is 15.7 Å². The number of piperazine rings is 1. The lowest BCUT2D eigenvalue weighted by molar-refractivity contribution is 0.193. The van der Waals surface area contributed by atoms with Gasteiger partial charge in [0, 0.05) is 32.7 Å². The van der Waals surface area contributed by atoms with Crippen LogP contribution in [0.5, 0.6) is 0 Å². The molecule has 136 valence electrons. The van der Waals surface area contributed by atoms with Gasteiger partial charge in [-0.25, -0.2) is 9.48 Å². The van der Waals surface area contributed by atoms with E-state index in [4.69, 9.17) is 10.8 Å². The Labute approximate surface area is 152 Å². The first kappa shape index (κ1) is 17.7. The fourth-order valence-corrected chi connectivity index (χ4v) is 2.86. The zero-order chi connectivity index (χ0) is 18.5. The lowest BCUT2D eigenvalue weighted by Crippen LogP contribution is -2.52. The van der Waals surface area contributed by atoms with Crippen LogP contribution in [0.25, 0.3) is 0 Å². The number of nitrogens with one attached hydrogen (secondary N) is 3. The summed E-state index contributed by atoms with van der Waals surface area (Å²) >= 11 is 0. The van der Waals surface area contributed by atoms with Crippen molar-refractivity contribution in [2.75, 3.05) is 31.1 Å².